The molecule has 1 aromatic rings. The Morgan fingerprint density at radius 1 is 1.50 bits per heavy atom. The van der Waals surface area contributed by atoms with E-state index in [0.717, 1.165) is 22.2 Å². The highest BCUT2D eigenvalue weighted by atomic mass is 127. The molecule has 0 heterocycles. The Balaban J connectivity index is 2.18. The maximum atomic E-state index is 11.6. The number of hydrogen-bond donors (Lipinski definition) is 0. The molecule has 0 saturated carbocycles. The summed E-state index contributed by atoms with van der Waals surface area (Å²) in [5.74, 6) is 1.13. The van der Waals surface area contributed by atoms with Crippen molar-refractivity contribution in [2.24, 2.45) is 0 Å². The summed E-state index contributed by atoms with van der Waals surface area (Å²) in [6.45, 7) is 2.30. The van der Waals surface area contributed by atoms with Gasteiger partial charge in [-0.1, -0.05) is 0 Å². The SMILES string of the molecule is CCOC(=O)CC1CCc2cc(OC)c(I)cc21. The van der Waals surface area contributed by atoms with Crippen LogP contribution in [0.3, 0.4) is 0 Å². The highest BCUT2D eigenvalue weighted by Crippen LogP contribution is 2.39. The molecule has 18 heavy (non-hydrogen) atoms. The Kier molecular flexibility index (Phi) is 4.48. The summed E-state index contributed by atoms with van der Waals surface area (Å²) in [4.78, 5) is 11.6. The normalized spacial score (nSPS) is 17.4. The first-order valence-corrected chi connectivity index (χ1v) is 7.25. The van der Waals surface area contributed by atoms with Crippen LogP contribution in [0, 0.1) is 3.57 Å². The van der Waals surface area contributed by atoms with E-state index in [-0.39, 0.29) is 5.97 Å². The number of aryl methyl sites for hydroxylation is 1. The summed E-state index contributed by atoms with van der Waals surface area (Å²) < 4.78 is 11.5. The Morgan fingerprint density at radius 3 is 2.94 bits per heavy atom. The lowest BCUT2D eigenvalue weighted by molar-refractivity contribution is -0.143. The molecule has 3 nitrogen and oxygen atoms in total. The number of ether oxygens (including phenoxy) is 2. The zero-order valence-corrected chi connectivity index (χ0v) is 12.8. The van der Waals surface area contributed by atoms with E-state index in [9.17, 15) is 4.79 Å². The lowest BCUT2D eigenvalue weighted by Gasteiger charge is -2.12. The van der Waals surface area contributed by atoms with Crippen molar-refractivity contribution in [2.75, 3.05) is 13.7 Å². The van der Waals surface area contributed by atoms with Crippen LogP contribution in [0.2, 0.25) is 0 Å². The average molecular weight is 360 g/mol. The molecule has 1 aliphatic carbocycles. The maximum absolute atomic E-state index is 11.6. The highest BCUT2D eigenvalue weighted by Gasteiger charge is 2.26. The first kappa shape index (κ1) is 13.6. The van der Waals surface area contributed by atoms with Crippen LogP contribution in [0.5, 0.6) is 5.75 Å². The molecule has 0 fully saturated rings. The third-order valence-electron chi connectivity index (χ3n) is 3.33. The van der Waals surface area contributed by atoms with Crippen LogP contribution in [0.15, 0.2) is 12.1 Å². The molecule has 0 bridgehead atoms. The molecular weight excluding hydrogens is 343 g/mol. The number of carbonyl (C=O) groups is 1. The monoisotopic (exact) mass is 360 g/mol. The van der Waals surface area contributed by atoms with E-state index in [1.165, 1.54) is 11.1 Å². The van der Waals surface area contributed by atoms with Gasteiger partial charge >= 0.3 is 5.97 Å². The standard InChI is InChI=1S/C14H17IO3/c1-3-18-14(16)7-10-5-4-9-6-13(17-2)12(15)8-11(9)10/h6,8,10H,3-5,7H2,1-2H3. The van der Waals surface area contributed by atoms with Crippen molar-refractivity contribution < 1.29 is 14.3 Å². The molecule has 0 aromatic heterocycles. The van der Waals surface area contributed by atoms with Gasteiger partial charge in [-0.25, -0.2) is 0 Å². The van der Waals surface area contributed by atoms with Crippen LogP contribution in [-0.4, -0.2) is 19.7 Å². The fourth-order valence-corrected chi connectivity index (χ4v) is 3.19. The number of fused-ring (bicyclic) bond motifs is 1. The molecule has 0 spiro atoms. The van der Waals surface area contributed by atoms with E-state index < -0.39 is 0 Å². The maximum Gasteiger partial charge on any atom is 0.306 e. The first-order valence-electron chi connectivity index (χ1n) is 6.17. The lowest BCUT2D eigenvalue weighted by atomic mass is 9.98. The molecule has 0 aliphatic heterocycles. The molecule has 1 aromatic carbocycles. The van der Waals surface area contributed by atoms with Crippen LogP contribution in [0.1, 0.15) is 36.8 Å². The van der Waals surface area contributed by atoms with Crippen molar-refractivity contribution >= 4 is 28.6 Å². The number of methoxy groups -OCH3 is 1. The molecule has 1 unspecified atom stereocenters. The van der Waals surface area contributed by atoms with E-state index in [1.807, 2.05) is 6.92 Å². The summed E-state index contributed by atoms with van der Waals surface area (Å²) in [6, 6.07) is 4.24. The molecule has 0 saturated heterocycles. The van der Waals surface area contributed by atoms with Crippen LogP contribution >= 0.6 is 22.6 Å². The molecule has 98 valence electrons. The summed E-state index contributed by atoms with van der Waals surface area (Å²) in [5.41, 5.74) is 2.59. The minimum absolute atomic E-state index is 0.0961. The minimum Gasteiger partial charge on any atom is -0.496 e. The molecule has 4 heteroatoms. The van der Waals surface area contributed by atoms with Gasteiger partial charge in [-0.05, 0) is 71.5 Å². The summed E-state index contributed by atoms with van der Waals surface area (Å²) in [7, 11) is 1.69. The van der Waals surface area contributed by atoms with Gasteiger partial charge in [0.2, 0.25) is 0 Å². The van der Waals surface area contributed by atoms with Gasteiger partial charge in [-0.2, -0.15) is 0 Å². The van der Waals surface area contributed by atoms with Gasteiger partial charge in [0.15, 0.2) is 0 Å². The van der Waals surface area contributed by atoms with Gasteiger partial charge in [0, 0.05) is 0 Å². The van der Waals surface area contributed by atoms with Gasteiger partial charge in [0.1, 0.15) is 5.75 Å². The van der Waals surface area contributed by atoms with E-state index in [2.05, 4.69) is 34.7 Å². The predicted octanol–water partition coefficient (Wildman–Crippen LogP) is 3.28. The predicted molar refractivity (Wildman–Crippen MR) is 78.0 cm³/mol. The van der Waals surface area contributed by atoms with E-state index in [1.54, 1.807) is 7.11 Å². The highest BCUT2D eigenvalue weighted by molar-refractivity contribution is 14.1. The van der Waals surface area contributed by atoms with Crippen molar-refractivity contribution in [1.82, 2.24) is 0 Å². The van der Waals surface area contributed by atoms with Crippen molar-refractivity contribution in [1.29, 1.82) is 0 Å². The van der Waals surface area contributed by atoms with Crippen molar-refractivity contribution in [2.45, 2.75) is 32.1 Å². The Bertz CT molecular complexity index is 457. The average Bonchev–Trinajstić information content (AvgIpc) is 2.71. The molecule has 0 amide bonds. The second-order valence-electron chi connectivity index (χ2n) is 4.43. The quantitative estimate of drug-likeness (QED) is 0.611. The van der Waals surface area contributed by atoms with E-state index in [0.29, 0.717) is 18.9 Å². The van der Waals surface area contributed by atoms with E-state index >= 15 is 0 Å². The first-order chi connectivity index (χ1) is 8.65. The summed E-state index contributed by atoms with van der Waals surface area (Å²) in [6.07, 6.45) is 2.54. The lowest BCUT2D eigenvalue weighted by Crippen LogP contribution is -2.08. The third-order valence-corrected chi connectivity index (χ3v) is 4.18. The molecule has 0 N–H and O–H groups in total. The largest absolute Gasteiger partial charge is 0.496 e. The topological polar surface area (TPSA) is 35.5 Å². The summed E-state index contributed by atoms with van der Waals surface area (Å²) >= 11 is 2.27. The number of rotatable bonds is 4. The van der Waals surface area contributed by atoms with Crippen LogP contribution < -0.4 is 4.74 Å². The van der Waals surface area contributed by atoms with E-state index in [4.69, 9.17) is 9.47 Å². The Hall–Kier alpha value is -0.780. The smallest absolute Gasteiger partial charge is 0.306 e. The van der Waals surface area contributed by atoms with Gasteiger partial charge < -0.3 is 9.47 Å². The fraction of sp³-hybridized carbons (Fsp3) is 0.500. The number of carbonyl (C=O) groups excluding carboxylic acids is 1. The van der Waals surface area contributed by atoms with Crippen molar-refractivity contribution in [3.8, 4) is 5.75 Å². The second-order valence-corrected chi connectivity index (χ2v) is 5.59. The van der Waals surface area contributed by atoms with Crippen molar-refractivity contribution in [3.63, 3.8) is 0 Å². The minimum atomic E-state index is -0.0961. The van der Waals surface area contributed by atoms with Gasteiger partial charge in [0.05, 0.1) is 23.7 Å². The van der Waals surface area contributed by atoms with Crippen molar-refractivity contribution in [3.05, 3.63) is 26.8 Å². The van der Waals surface area contributed by atoms with Gasteiger partial charge in [-0.15, -0.1) is 0 Å². The molecule has 2 rings (SSSR count). The summed E-state index contributed by atoms with van der Waals surface area (Å²) in [5, 5.41) is 0. The van der Waals surface area contributed by atoms with Gasteiger partial charge in [-0.3, -0.25) is 4.79 Å². The molecule has 1 aliphatic rings. The van der Waals surface area contributed by atoms with Gasteiger partial charge in [0.25, 0.3) is 0 Å². The van der Waals surface area contributed by atoms with Crippen LogP contribution in [0.25, 0.3) is 0 Å². The van der Waals surface area contributed by atoms with Crippen LogP contribution in [-0.2, 0) is 16.0 Å². The fourth-order valence-electron chi connectivity index (χ4n) is 2.48. The number of hydrogen-bond acceptors (Lipinski definition) is 3. The third kappa shape index (κ3) is 2.79. The number of benzene rings is 1. The molecular formula is C14H17IO3. The Morgan fingerprint density at radius 2 is 2.28 bits per heavy atom. The van der Waals surface area contributed by atoms with Crippen LogP contribution in [0.4, 0.5) is 0 Å². The Labute approximate surface area is 121 Å². The zero-order valence-electron chi connectivity index (χ0n) is 10.7. The molecule has 0 radical (unpaired) electrons. The zero-order chi connectivity index (χ0) is 13.1. The number of halogens is 1. The second kappa shape index (κ2) is 5.91. The molecule has 1 atom stereocenters. The number of esters is 1.